The van der Waals surface area contributed by atoms with Gasteiger partial charge in [0.2, 0.25) is 0 Å². The van der Waals surface area contributed by atoms with Crippen LogP contribution in [0.2, 0.25) is 0 Å². The molecule has 2 heteroatoms. The molecule has 0 bridgehead atoms. The van der Waals surface area contributed by atoms with E-state index in [-0.39, 0.29) is 0 Å². The third-order valence-electron chi connectivity index (χ3n) is 13.1. The van der Waals surface area contributed by atoms with E-state index in [4.69, 9.17) is 11.5 Å². The predicted molar refractivity (Wildman–Crippen MR) is 257 cm³/mol. The van der Waals surface area contributed by atoms with Crippen LogP contribution >= 0.6 is 0 Å². The van der Waals surface area contributed by atoms with Crippen molar-refractivity contribution in [2.45, 2.75) is 206 Å². The molecule has 2 atom stereocenters. The zero-order valence-electron chi connectivity index (χ0n) is 37.9. The average molecular weight is 785 g/mol. The summed E-state index contributed by atoms with van der Waals surface area (Å²) in [6, 6.07) is 32.9. The number of rotatable bonds is 30. The zero-order valence-corrected chi connectivity index (χ0v) is 37.9. The Kier molecular flexibility index (Phi) is 22.2. The predicted octanol–water partition coefficient (Wildman–Crippen LogP) is 17.3. The maximum absolute atomic E-state index is 6.24. The first kappa shape index (κ1) is 47.2. The highest BCUT2D eigenvalue weighted by Gasteiger charge is 2.21. The van der Waals surface area contributed by atoms with Gasteiger partial charge in [-0.15, -0.1) is 0 Å². The van der Waals surface area contributed by atoms with Crippen LogP contribution in [0.3, 0.4) is 0 Å². The van der Waals surface area contributed by atoms with Crippen LogP contribution in [0.4, 0.5) is 11.4 Å². The van der Waals surface area contributed by atoms with E-state index >= 15 is 0 Å². The van der Waals surface area contributed by atoms with Gasteiger partial charge in [-0.05, 0) is 102 Å². The molecule has 2 nitrogen and oxygen atoms in total. The van der Waals surface area contributed by atoms with Crippen LogP contribution in [-0.4, -0.2) is 0 Å². The molecule has 0 fully saturated rings. The second-order valence-electron chi connectivity index (χ2n) is 18.0. The SMILES string of the molecule is CCCCCCCCCC(c1ccc(C(CCCCCCCCC)c2ccc(N)cc2C)cc1)c1ccc(C(CCCCCCCCC)c2ccc(N)cc2C)cc1. The lowest BCUT2D eigenvalue weighted by atomic mass is 9.80. The summed E-state index contributed by atoms with van der Waals surface area (Å²) in [5.41, 5.74) is 25.5. The van der Waals surface area contributed by atoms with E-state index in [2.05, 4.69) is 120 Å². The van der Waals surface area contributed by atoms with E-state index in [1.165, 1.54) is 199 Å². The summed E-state index contributed by atoms with van der Waals surface area (Å²) in [4.78, 5) is 0. The Morgan fingerprint density at radius 1 is 0.328 bits per heavy atom. The van der Waals surface area contributed by atoms with Gasteiger partial charge >= 0.3 is 0 Å². The normalized spacial score (nSPS) is 13.1. The van der Waals surface area contributed by atoms with Crippen molar-refractivity contribution in [2.24, 2.45) is 0 Å². The second-order valence-corrected chi connectivity index (χ2v) is 18.0. The van der Waals surface area contributed by atoms with Gasteiger partial charge in [-0.2, -0.15) is 0 Å². The average Bonchev–Trinajstić information content (AvgIpc) is 3.22. The first-order valence-electron chi connectivity index (χ1n) is 24.3. The molecule has 0 amide bonds. The number of hydrogen-bond acceptors (Lipinski definition) is 2. The van der Waals surface area contributed by atoms with E-state index in [0.29, 0.717) is 17.8 Å². The Balaban J connectivity index is 1.57. The largest absolute Gasteiger partial charge is 0.399 e. The first-order valence-corrected chi connectivity index (χ1v) is 24.3. The molecule has 318 valence electrons. The van der Waals surface area contributed by atoms with Crippen molar-refractivity contribution in [1.29, 1.82) is 0 Å². The van der Waals surface area contributed by atoms with Crippen LogP contribution in [0.15, 0.2) is 84.9 Å². The van der Waals surface area contributed by atoms with Crippen molar-refractivity contribution >= 4 is 11.4 Å². The molecule has 0 aliphatic heterocycles. The van der Waals surface area contributed by atoms with Crippen LogP contribution in [0.1, 0.15) is 237 Å². The lowest BCUT2D eigenvalue weighted by molar-refractivity contribution is 0.555. The van der Waals surface area contributed by atoms with Crippen LogP contribution in [0.25, 0.3) is 0 Å². The van der Waals surface area contributed by atoms with Crippen LogP contribution in [0, 0.1) is 13.8 Å². The lowest BCUT2D eigenvalue weighted by Gasteiger charge is -2.24. The van der Waals surface area contributed by atoms with Crippen molar-refractivity contribution in [2.75, 3.05) is 11.5 Å². The van der Waals surface area contributed by atoms with Gasteiger partial charge in [0.05, 0.1) is 0 Å². The van der Waals surface area contributed by atoms with Crippen molar-refractivity contribution in [3.05, 3.63) is 129 Å². The Morgan fingerprint density at radius 3 is 0.879 bits per heavy atom. The molecule has 4 aromatic rings. The minimum absolute atomic E-state index is 0.399. The van der Waals surface area contributed by atoms with Gasteiger partial charge in [-0.3, -0.25) is 0 Å². The quantitative estimate of drug-likeness (QED) is 0.0409. The fourth-order valence-corrected chi connectivity index (χ4v) is 9.55. The third-order valence-corrected chi connectivity index (χ3v) is 13.1. The Morgan fingerprint density at radius 2 is 0.586 bits per heavy atom. The summed E-state index contributed by atoms with van der Waals surface area (Å²) in [6.07, 6.45) is 31.7. The number of aryl methyl sites for hydroxylation is 2. The molecular formula is C56H84N2. The molecule has 0 radical (unpaired) electrons. The molecule has 0 aromatic heterocycles. The summed E-state index contributed by atoms with van der Waals surface area (Å²) in [5, 5.41) is 0. The Bertz CT molecular complexity index is 1550. The third kappa shape index (κ3) is 15.9. The van der Waals surface area contributed by atoms with Gasteiger partial charge in [0.15, 0.2) is 0 Å². The van der Waals surface area contributed by atoms with Gasteiger partial charge in [-0.25, -0.2) is 0 Å². The van der Waals surface area contributed by atoms with E-state index in [1.807, 2.05) is 0 Å². The van der Waals surface area contributed by atoms with Crippen molar-refractivity contribution in [1.82, 2.24) is 0 Å². The van der Waals surface area contributed by atoms with Crippen molar-refractivity contribution in [3.8, 4) is 0 Å². The number of unbranched alkanes of at least 4 members (excludes halogenated alkanes) is 18. The summed E-state index contributed by atoms with van der Waals surface area (Å²) < 4.78 is 0. The topological polar surface area (TPSA) is 52.0 Å². The number of anilines is 2. The summed E-state index contributed by atoms with van der Waals surface area (Å²) in [6.45, 7) is 11.4. The molecule has 0 spiro atoms. The maximum atomic E-state index is 6.24. The molecule has 0 saturated carbocycles. The Labute approximate surface area is 357 Å². The van der Waals surface area contributed by atoms with Crippen LogP contribution in [0.5, 0.6) is 0 Å². The minimum Gasteiger partial charge on any atom is -0.399 e. The van der Waals surface area contributed by atoms with E-state index < -0.39 is 0 Å². The number of hydrogen-bond donors (Lipinski definition) is 2. The van der Waals surface area contributed by atoms with E-state index in [0.717, 1.165) is 11.4 Å². The van der Waals surface area contributed by atoms with Crippen LogP contribution < -0.4 is 11.5 Å². The standard InChI is InChI=1S/C56H84N2/c1-6-9-12-15-18-21-24-27-54(46-30-34-48(35-31-46)55(28-25-22-19-16-13-10-7-2)52-40-38-50(57)42-44(52)4)47-32-36-49(37-33-47)56(29-26-23-20-17-14-11-8-3)53-41-39-51(58)43-45(53)5/h30-43,54-56H,6-29,57-58H2,1-5H3. The van der Waals surface area contributed by atoms with Gasteiger partial charge in [-0.1, -0.05) is 216 Å². The smallest absolute Gasteiger partial charge is 0.0316 e. The number of nitrogens with two attached hydrogens (primary N) is 2. The van der Waals surface area contributed by atoms with Gasteiger partial charge < -0.3 is 11.5 Å². The van der Waals surface area contributed by atoms with E-state index in [9.17, 15) is 0 Å². The molecule has 0 heterocycles. The fraction of sp³-hybridized carbons (Fsp3) is 0.571. The molecule has 0 aliphatic carbocycles. The molecule has 0 saturated heterocycles. The molecule has 0 aliphatic rings. The fourth-order valence-electron chi connectivity index (χ4n) is 9.55. The van der Waals surface area contributed by atoms with E-state index in [1.54, 1.807) is 0 Å². The van der Waals surface area contributed by atoms with Gasteiger partial charge in [0.1, 0.15) is 0 Å². The molecule has 2 unspecified atom stereocenters. The molecule has 4 N–H and O–H groups in total. The molecule has 58 heavy (non-hydrogen) atoms. The molecule has 4 rings (SSSR count). The monoisotopic (exact) mass is 785 g/mol. The summed E-state index contributed by atoms with van der Waals surface area (Å²) in [5.74, 6) is 1.20. The highest BCUT2D eigenvalue weighted by Crippen LogP contribution is 2.38. The highest BCUT2D eigenvalue weighted by atomic mass is 14.5. The minimum atomic E-state index is 0.399. The summed E-state index contributed by atoms with van der Waals surface area (Å²) >= 11 is 0. The van der Waals surface area contributed by atoms with Gasteiger partial charge in [0, 0.05) is 29.1 Å². The van der Waals surface area contributed by atoms with Crippen molar-refractivity contribution < 1.29 is 0 Å². The maximum Gasteiger partial charge on any atom is 0.0316 e. The molecular weight excluding hydrogens is 701 g/mol. The zero-order chi connectivity index (χ0) is 41.4. The Hall–Kier alpha value is -3.52. The lowest BCUT2D eigenvalue weighted by Crippen LogP contribution is -2.07. The first-order chi connectivity index (χ1) is 28.4. The highest BCUT2D eigenvalue weighted by molar-refractivity contribution is 5.50. The number of nitrogen functional groups attached to an aromatic ring is 2. The summed E-state index contributed by atoms with van der Waals surface area (Å²) in [7, 11) is 0. The second kappa shape index (κ2) is 27.3. The number of benzene rings is 4. The van der Waals surface area contributed by atoms with Gasteiger partial charge in [0.25, 0.3) is 0 Å². The van der Waals surface area contributed by atoms with Crippen LogP contribution in [-0.2, 0) is 0 Å². The molecule has 4 aromatic carbocycles. The van der Waals surface area contributed by atoms with Crippen molar-refractivity contribution in [3.63, 3.8) is 0 Å².